The summed E-state index contributed by atoms with van der Waals surface area (Å²) in [7, 11) is 0. The van der Waals surface area contributed by atoms with Gasteiger partial charge in [0.1, 0.15) is 0 Å². The Balaban J connectivity index is 1.79. The van der Waals surface area contributed by atoms with Crippen LogP contribution in [0.3, 0.4) is 0 Å². The van der Waals surface area contributed by atoms with Crippen LogP contribution in [0.1, 0.15) is 38.5 Å². The summed E-state index contributed by atoms with van der Waals surface area (Å²) in [6.45, 7) is 0. The molecule has 100 valence electrons. The maximum atomic E-state index is 11.3. The number of urea groups is 2. The summed E-state index contributed by atoms with van der Waals surface area (Å²) >= 11 is 1.30. The van der Waals surface area contributed by atoms with Gasteiger partial charge in [0.15, 0.2) is 0 Å². The Hall–Kier alpha value is -0.910. The van der Waals surface area contributed by atoms with Crippen LogP contribution in [0.15, 0.2) is 0 Å². The van der Waals surface area contributed by atoms with Gasteiger partial charge in [-0.15, -0.1) is 0 Å². The lowest BCUT2D eigenvalue weighted by Gasteiger charge is -2.56. The summed E-state index contributed by atoms with van der Waals surface area (Å²) in [4.78, 5) is 22.6. The zero-order valence-electron chi connectivity index (χ0n) is 10.3. The minimum absolute atomic E-state index is 0.0266. The molecule has 0 aliphatic heterocycles. The fraction of sp³-hybridized carbons (Fsp3) is 0.833. The Morgan fingerprint density at radius 2 is 1.33 bits per heavy atom. The fourth-order valence-corrected chi connectivity index (χ4v) is 6.03. The molecule has 4 saturated carbocycles. The van der Waals surface area contributed by atoms with Gasteiger partial charge >= 0.3 is 12.1 Å². The zero-order valence-corrected chi connectivity index (χ0v) is 11.1. The van der Waals surface area contributed by atoms with Gasteiger partial charge in [0.2, 0.25) is 0 Å². The van der Waals surface area contributed by atoms with Crippen LogP contribution in [0, 0.1) is 17.8 Å². The summed E-state index contributed by atoms with van der Waals surface area (Å²) < 4.78 is 0.978. The van der Waals surface area contributed by atoms with Gasteiger partial charge in [-0.2, -0.15) is 4.31 Å². The van der Waals surface area contributed by atoms with Crippen LogP contribution >= 0.6 is 11.9 Å². The SMILES string of the molecule is NC(=O)N(SC12CC3CC(CC(C3)C1)C2)C(N)=O. The van der Waals surface area contributed by atoms with Gasteiger partial charge in [-0.25, -0.2) is 9.59 Å². The molecule has 0 radical (unpaired) electrons. The molecule has 0 aromatic carbocycles. The third-order valence-electron chi connectivity index (χ3n) is 4.67. The highest BCUT2D eigenvalue weighted by Crippen LogP contribution is 2.61. The third kappa shape index (κ3) is 1.96. The Bertz CT molecular complexity index is 349. The minimum Gasteiger partial charge on any atom is -0.350 e. The van der Waals surface area contributed by atoms with Crippen LogP contribution in [-0.2, 0) is 0 Å². The van der Waals surface area contributed by atoms with Gasteiger partial charge in [-0.1, -0.05) is 0 Å². The van der Waals surface area contributed by atoms with Crippen molar-refractivity contribution in [2.24, 2.45) is 29.2 Å². The van der Waals surface area contributed by atoms with Crippen molar-refractivity contribution in [2.75, 3.05) is 0 Å². The molecule has 6 heteroatoms. The number of rotatable bonds is 2. The summed E-state index contributed by atoms with van der Waals surface area (Å²) in [5.41, 5.74) is 10.5. The first-order valence-electron chi connectivity index (χ1n) is 6.55. The molecular formula is C12H19N3O2S. The van der Waals surface area contributed by atoms with E-state index in [1.54, 1.807) is 0 Å². The summed E-state index contributed by atoms with van der Waals surface area (Å²) in [5.74, 6) is 2.31. The number of imide groups is 1. The van der Waals surface area contributed by atoms with Crippen molar-refractivity contribution >= 4 is 24.0 Å². The predicted molar refractivity (Wildman–Crippen MR) is 69.5 cm³/mol. The Labute approximate surface area is 111 Å². The number of carbonyl (C=O) groups excluding carboxylic acids is 2. The molecule has 0 heterocycles. The number of hydrogen-bond donors (Lipinski definition) is 2. The molecule has 0 aromatic rings. The van der Waals surface area contributed by atoms with Gasteiger partial charge in [-0.3, -0.25) is 0 Å². The molecule has 18 heavy (non-hydrogen) atoms. The number of amides is 4. The number of hydrogen-bond acceptors (Lipinski definition) is 3. The van der Waals surface area contributed by atoms with Gasteiger partial charge in [0.25, 0.3) is 0 Å². The summed E-state index contributed by atoms with van der Waals surface area (Å²) in [6.07, 6.45) is 7.27. The van der Waals surface area contributed by atoms with E-state index in [0.29, 0.717) is 0 Å². The van der Waals surface area contributed by atoms with E-state index in [1.165, 1.54) is 31.2 Å². The van der Waals surface area contributed by atoms with E-state index in [1.807, 2.05) is 0 Å². The van der Waals surface area contributed by atoms with Crippen LogP contribution < -0.4 is 11.5 Å². The first kappa shape index (κ1) is 12.1. The average Bonchev–Trinajstić information content (AvgIpc) is 2.23. The molecule has 4 rings (SSSR count). The van der Waals surface area contributed by atoms with Gasteiger partial charge < -0.3 is 11.5 Å². The molecular weight excluding hydrogens is 250 g/mol. The van der Waals surface area contributed by atoms with Gasteiger partial charge in [-0.05, 0) is 68.2 Å². The largest absolute Gasteiger partial charge is 0.350 e. The second kappa shape index (κ2) is 4.05. The van der Waals surface area contributed by atoms with E-state index in [2.05, 4.69) is 0 Å². The number of carbonyl (C=O) groups is 2. The molecule has 4 aliphatic rings. The highest BCUT2D eigenvalue weighted by atomic mass is 32.2. The fourth-order valence-electron chi connectivity index (χ4n) is 4.54. The van der Waals surface area contributed by atoms with Crippen molar-refractivity contribution in [1.29, 1.82) is 0 Å². The minimum atomic E-state index is -0.747. The predicted octanol–water partition coefficient (Wildman–Crippen LogP) is 2.06. The maximum Gasteiger partial charge on any atom is 0.333 e. The Morgan fingerprint density at radius 1 is 0.944 bits per heavy atom. The maximum absolute atomic E-state index is 11.3. The van der Waals surface area contributed by atoms with E-state index >= 15 is 0 Å². The molecule has 5 nitrogen and oxygen atoms in total. The lowest BCUT2D eigenvalue weighted by molar-refractivity contribution is 0.0373. The highest BCUT2D eigenvalue weighted by molar-refractivity contribution is 7.99. The van der Waals surface area contributed by atoms with Gasteiger partial charge in [0, 0.05) is 4.75 Å². The van der Waals surface area contributed by atoms with E-state index in [4.69, 9.17) is 11.5 Å². The molecule has 4 amide bonds. The van der Waals surface area contributed by atoms with Crippen LogP contribution in [0.25, 0.3) is 0 Å². The average molecular weight is 269 g/mol. The van der Waals surface area contributed by atoms with Gasteiger partial charge in [0.05, 0.1) is 0 Å². The second-order valence-corrected chi connectivity index (χ2v) is 7.58. The number of nitrogens with two attached hydrogens (primary N) is 2. The van der Waals surface area contributed by atoms with Crippen LogP contribution in [0.2, 0.25) is 0 Å². The topological polar surface area (TPSA) is 89.4 Å². The molecule has 0 unspecified atom stereocenters. The van der Waals surface area contributed by atoms with Crippen LogP contribution in [-0.4, -0.2) is 21.1 Å². The van der Waals surface area contributed by atoms with Crippen molar-refractivity contribution in [1.82, 2.24) is 4.31 Å². The normalized spacial score (nSPS) is 40.8. The lowest BCUT2D eigenvalue weighted by atomic mass is 9.56. The molecule has 0 aromatic heterocycles. The smallest absolute Gasteiger partial charge is 0.333 e. The van der Waals surface area contributed by atoms with Crippen LogP contribution in [0.4, 0.5) is 9.59 Å². The first-order chi connectivity index (χ1) is 8.47. The van der Waals surface area contributed by atoms with Crippen molar-refractivity contribution < 1.29 is 9.59 Å². The van der Waals surface area contributed by atoms with Crippen molar-refractivity contribution in [3.8, 4) is 0 Å². The monoisotopic (exact) mass is 269 g/mol. The quantitative estimate of drug-likeness (QED) is 0.752. The van der Waals surface area contributed by atoms with E-state index < -0.39 is 12.1 Å². The number of primary amides is 2. The summed E-state index contributed by atoms with van der Waals surface area (Å²) in [5, 5.41) is 0. The van der Waals surface area contributed by atoms with E-state index in [-0.39, 0.29) is 4.75 Å². The second-order valence-electron chi connectivity index (χ2n) is 6.16. The van der Waals surface area contributed by atoms with Crippen molar-refractivity contribution in [2.45, 2.75) is 43.3 Å². The van der Waals surface area contributed by atoms with Crippen molar-refractivity contribution in [3.63, 3.8) is 0 Å². The zero-order chi connectivity index (χ0) is 12.9. The molecule has 4 aliphatic carbocycles. The Morgan fingerprint density at radius 3 is 1.67 bits per heavy atom. The molecule has 4 N–H and O–H groups in total. The summed E-state index contributed by atoms with van der Waals surface area (Å²) in [6, 6.07) is -1.49. The van der Waals surface area contributed by atoms with E-state index in [9.17, 15) is 9.59 Å². The molecule has 0 atom stereocenters. The molecule has 4 fully saturated rings. The lowest BCUT2D eigenvalue weighted by Crippen LogP contribution is -2.52. The Kier molecular flexibility index (Phi) is 2.73. The van der Waals surface area contributed by atoms with Crippen LogP contribution in [0.5, 0.6) is 0 Å². The van der Waals surface area contributed by atoms with Crippen molar-refractivity contribution in [3.05, 3.63) is 0 Å². The molecule has 0 saturated heterocycles. The number of nitrogens with zero attached hydrogens (tertiary/aromatic N) is 1. The molecule has 4 bridgehead atoms. The highest BCUT2D eigenvalue weighted by Gasteiger charge is 2.53. The third-order valence-corrected chi connectivity index (χ3v) is 6.10. The molecule has 0 spiro atoms. The first-order valence-corrected chi connectivity index (χ1v) is 7.33. The standard InChI is InChI=1S/C12H19N3O2S/c13-10(16)15(11(14)17)18-12-4-7-1-8(5-12)3-9(2-7)6-12/h7-9H,1-6H2,(H2,13,16)(H2,14,17). The van der Waals surface area contributed by atoms with E-state index in [0.717, 1.165) is 41.3 Å².